The van der Waals surface area contributed by atoms with Crippen molar-refractivity contribution in [3.63, 3.8) is 0 Å². The Hall–Kier alpha value is -1.59. The second-order valence-electron chi connectivity index (χ2n) is 4.68. The van der Waals surface area contributed by atoms with Crippen LogP contribution in [0.3, 0.4) is 0 Å². The van der Waals surface area contributed by atoms with Gasteiger partial charge in [-0.1, -0.05) is 15.9 Å². The number of hydrogen-bond donors (Lipinski definition) is 1. The molecule has 3 rings (SSSR count). The molecule has 0 aliphatic carbocycles. The summed E-state index contributed by atoms with van der Waals surface area (Å²) in [5, 5.41) is 3.49. The molecule has 1 aromatic heterocycles. The maximum absolute atomic E-state index is 5.41. The lowest BCUT2D eigenvalue weighted by Crippen LogP contribution is -2.18. The van der Waals surface area contributed by atoms with Crippen LogP contribution in [0.15, 0.2) is 41.1 Å². The lowest BCUT2D eigenvalue weighted by atomic mass is 10.1. The Labute approximate surface area is 126 Å². The zero-order valence-corrected chi connectivity index (χ0v) is 12.7. The van der Waals surface area contributed by atoms with Gasteiger partial charge in [0.05, 0.1) is 0 Å². The molecule has 0 bridgehead atoms. The highest BCUT2D eigenvalue weighted by Crippen LogP contribution is 2.37. The van der Waals surface area contributed by atoms with Gasteiger partial charge < -0.3 is 14.8 Å². The van der Waals surface area contributed by atoms with Crippen LogP contribution in [0.4, 0.5) is 0 Å². The third kappa shape index (κ3) is 2.78. The number of benzene rings is 1. The number of halogens is 1. The molecule has 0 unspecified atom stereocenters. The van der Waals surface area contributed by atoms with E-state index in [1.807, 2.05) is 36.7 Å². The van der Waals surface area contributed by atoms with E-state index in [4.69, 9.17) is 9.47 Å². The molecule has 20 heavy (non-hydrogen) atoms. The highest BCUT2D eigenvalue weighted by atomic mass is 79.9. The molecule has 0 radical (unpaired) electrons. The molecule has 2 aromatic rings. The first kappa shape index (κ1) is 13.4. The molecule has 1 aliphatic heterocycles. The Morgan fingerprint density at radius 1 is 1.25 bits per heavy atom. The van der Waals surface area contributed by atoms with Crippen LogP contribution >= 0.6 is 15.9 Å². The Morgan fingerprint density at radius 3 is 2.70 bits per heavy atom. The number of hydrogen-bond acceptors (Lipinski definition) is 4. The SMILES string of the molecule is C[C@H](NCc1cc2c(cc1Br)OCO2)c1ccncc1. The second kappa shape index (κ2) is 5.81. The highest BCUT2D eigenvalue weighted by Gasteiger charge is 2.16. The number of fused-ring (bicyclic) bond motifs is 1. The maximum Gasteiger partial charge on any atom is 0.231 e. The van der Waals surface area contributed by atoms with E-state index in [0.717, 1.165) is 28.1 Å². The Balaban J connectivity index is 1.70. The van der Waals surface area contributed by atoms with E-state index < -0.39 is 0 Å². The van der Waals surface area contributed by atoms with Crippen molar-refractivity contribution >= 4 is 15.9 Å². The summed E-state index contributed by atoms with van der Waals surface area (Å²) in [6.07, 6.45) is 3.62. The van der Waals surface area contributed by atoms with E-state index in [1.165, 1.54) is 5.56 Å². The minimum Gasteiger partial charge on any atom is -0.454 e. The molecule has 0 saturated heterocycles. The number of nitrogens with one attached hydrogen (secondary N) is 1. The molecule has 0 fully saturated rings. The summed E-state index contributed by atoms with van der Waals surface area (Å²) >= 11 is 3.57. The molecule has 104 valence electrons. The van der Waals surface area contributed by atoms with Crippen LogP contribution in [0.5, 0.6) is 11.5 Å². The molecule has 0 saturated carbocycles. The fraction of sp³-hybridized carbons (Fsp3) is 0.267. The normalized spacial score (nSPS) is 14.3. The largest absolute Gasteiger partial charge is 0.454 e. The fourth-order valence-electron chi connectivity index (χ4n) is 2.13. The third-order valence-electron chi connectivity index (χ3n) is 3.35. The smallest absolute Gasteiger partial charge is 0.231 e. The van der Waals surface area contributed by atoms with Crippen LogP contribution in [-0.2, 0) is 6.54 Å². The van der Waals surface area contributed by atoms with E-state index in [0.29, 0.717) is 6.79 Å². The summed E-state index contributed by atoms with van der Waals surface area (Å²) < 4.78 is 11.8. The van der Waals surface area contributed by atoms with Crippen molar-refractivity contribution < 1.29 is 9.47 Å². The molecule has 5 heteroatoms. The first-order valence-corrected chi connectivity index (χ1v) is 7.24. The molecule has 2 heterocycles. The molecule has 1 aromatic carbocycles. The van der Waals surface area contributed by atoms with Crippen molar-refractivity contribution in [2.24, 2.45) is 0 Å². The van der Waals surface area contributed by atoms with Crippen LogP contribution in [-0.4, -0.2) is 11.8 Å². The van der Waals surface area contributed by atoms with Gasteiger partial charge in [-0.2, -0.15) is 0 Å². The van der Waals surface area contributed by atoms with Gasteiger partial charge in [0.25, 0.3) is 0 Å². The molecule has 1 aliphatic rings. The van der Waals surface area contributed by atoms with Gasteiger partial charge in [-0.05, 0) is 42.3 Å². The quantitative estimate of drug-likeness (QED) is 0.930. The first-order valence-electron chi connectivity index (χ1n) is 6.45. The molecule has 0 amide bonds. The zero-order chi connectivity index (χ0) is 13.9. The summed E-state index contributed by atoms with van der Waals surface area (Å²) in [7, 11) is 0. The summed E-state index contributed by atoms with van der Waals surface area (Å²) in [5.41, 5.74) is 2.37. The zero-order valence-electron chi connectivity index (χ0n) is 11.1. The molecule has 0 spiro atoms. The van der Waals surface area contributed by atoms with Crippen molar-refractivity contribution in [1.82, 2.24) is 10.3 Å². The fourth-order valence-corrected chi connectivity index (χ4v) is 2.59. The van der Waals surface area contributed by atoms with Crippen LogP contribution < -0.4 is 14.8 Å². The maximum atomic E-state index is 5.41. The number of pyridine rings is 1. The lowest BCUT2D eigenvalue weighted by Gasteiger charge is -2.15. The monoisotopic (exact) mass is 334 g/mol. The van der Waals surface area contributed by atoms with E-state index in [1.54, 1.807) is 0 Å². The van der Waals surface area contributed by atoms with Gasteiger partial charge in [0.1, 0.15) is 0 Å². The number of rotatable bonds is 4. The van der Waals surface area contributed by atoms with Gasteiger partial charge in [-0.3, -0.25) is 4.98 Å². The Morgan fingerprint density at radius 2 is 1.95 bits per heavy atom. The number of aromatic nitrogens is 1. The van der Waals surface area contributed by atoms with Crippen LogP contribution in [0.25, 0.3) is 0 Å². The molecule has 1 N–H and O–H groups in total. The third-order valence-corrected chi connectivity index (χ3v) is 4.08. The van der Waals surface area contributed by atoms with Crippen molar-refractivity contribution in [2.75, 3.05) is 6.79 Å². The van der Waals surface area contributed by atoms with Crippen molar-refractivity contribution in [3.8, 4) is 11.5 Å². The highest BCUT2D eigenvalue weighted by molar-refractivity contribution is 9.10. The Kier molecular flexibility index (Phi) is 3.89. The number of nitrogens with zero attached hydrogens (tertiary/aromatic N) is 1. The summed E-state index contributed by atoms with van der Waals surface area (Å²) in [4.78, 5) is 4.03. The van der Waals surface area contributed by atoms with Crippen LogP contribution in [0.2, 0.25) is 0 Å². The first-order chi connectivity index (χ1) is 9.74. The minimum atomic E-state index is 0.260. The molecular weight excluding hydrogens is 320 g/mol. The van der Waals surface area contributed by atoms with Gasteiger partial charge >= 0.3 is 0 Å². The van der Waals surface area contributed by atoms with Gasteiger partial charge in [0.15, 0.2) is 11.5 Å². The van der Waals surface area contributed by atoms with E-state index in [9.17, 15) is 0 Å². The predicted molar refractivity (Wildman–Crippen MR) is 79.8 cm³/mol. The van der Waals surface area contributed by atoms with E-state index in [2.05, 4.69) is 33.2 Å². The summed E-state index contributed by atoms with van der Waals surface area (Å²) in [6.45, 7) is 3.18. The summed E-state index contributed by atoms with van der Waals surface area (Å²) in [6, 6.07) is 8.27. The number of ether oxygens (including phenoxy) is 2. The van der Waals surface area contributed by atoms with Crippen molar-refractivity contribution in [3.05, 3.63) is 52.3 Å². The van der Waals surface area contributed by atoms with Crippen LogP contribution in [0.1, 0.15) is 24.1 Å². The molecular formula is C15H15BrN2O2. The van der Waals surface area contributed by atoms with Gasteiger partial charge in [0, 0.05) is 29.5 Å². The van der Waals surface area contributed by atoms with Crippen LogP contribution in [0, 0.1) is 0 Å². The van der Waals surface area contributed by atoms with Gasteiger partial charge in [-0.15, -0.1) is 0 Å². The topological polar surface area (TPSA) is 43.4 Å². The standard InChI is InChI=1S/C15H15BrN2O2/c1-10(11-2-4-17-5-3-11)18-8-12-6-14-15(7-13(12)16)20-9-19-14/h2-7,10,18H,8-9H2,1H3/t10-/m0/s1. The van der Waals surface area contributed by atoms with Crippen molar-refractivity contribution in [1.29, 1.82) is 0 Å². The lowest BCUT2D eigenvalue weighted by molar-refractivity contribution is 0.174. The molecule has 1 atom stereocenters. The van der Waals surface area contributed by atoms with E-state index in [-0.39, 0.29) is 6.04 Å². The van der Waals surface area contributed by atoms with Crippen molar-refractivity contribution in [2.45, 2.75) is 19.5 Å². The van der Waals surface area contributed by atoms with Gasteiger partial charge in [-0.25, -0.2) is 0 Å². The Bertz CT molecular complexity index is 604. The van der Waals surface area contributed by atoms with E-state index >= 15 is 0 Å². The average Bonchev–Trinajstić information content (AvgIpc) is 2.92. The molecule has 4 nitrogen and oxygen atoms in total. The minimum absolute atomic E-state index is 0.260. The summed E-state index contributed by atoms with van der Waals surface area (Å²) in [5.74, 6) is 1.60. The average molecular weight is 335 g/mol. The second-order valence-corrected chi connectivity index (χ2v) is 5.53. The van der Waals surface area contributed by atoms with Gasteiger partial charge in [0.2, 0.25) is 6.79 Å². The predicted octanol–water partition coefficient (Wildman–Crippen LogP) is 3.42.